The van der Waals surface area contributed by atoms with Crippen molar-refractivity contribution in [2.75, 3.05) is 0 Å². The van der Waals surface area contributed by atoms with E-state index in [9.17, 15) is 0 Å². The van der Waals surface area contributed by atoms with Crippen LogP contribution in [0.5, 0.6) is 0 Å². The quantitative estimate of drug-likeness (QED) is 0.591. The van der Waals surface area contributed by atoms with E-state index in [0.717, 1.165) is 0 Å². The fraction of sp³-hybridized carbons (Fsp3) is 0. The predicted molar refractivity (Wildman–Crippen MR) is 14.8 cm³/mol. The summed E-state index contributed by atoms with van der Waals surface area (Å²) in [6.07, 6.45) is 0. The first-order chi connectivity index (χ1) is 1.00. The Morgan fingerprint density at radius 1 is 1.00 bits per heavy atom. The molecule has 4 heteroatoms. The summed E-state index contributed by atoms with van der Waals surface area (Å²) in [5.74, 6) is 0. The zero-order valence-corrected chi connectivity index (χ0v) is 6.67. The second-order valence-electron chi connectivity index (χ2n) is 0. The molecule has 0 bridgehead atoms. The molecule has 4 heavy (non-hydrogen) atoms. The Bertz CT molecular complexity index is 6.00. The molecule has 0 aromatic rings. The summed E-state index contributed by atoms with van der Waals surface area (Å²) in [6.45, 7) is 0. The fourth-order valence-electron chi connectivity index (χ4n) is 0. The van der Waals surface area contributed by atoms with Gasteiger partial charge in [0.25, 0.3) is 0 Å². The summed E-state index contributed by atoms with van der Waals surface area (Å²) >= 11 is 2.41. The topological polar surface area (TPSA) is 0 Å². The van der Waals surface area contributed by atoms with Crippen molar-refractivity contribution in [1.29, 1.82) is 0 Å². The van der Waals surface area contributed by atoms with Gasteiger partial charge in [0.05, 0.1) is 0 Å². The second kappa shape index (κ2) is 18.7. The average Bonchev–Trinajstić information content (AvgIpc) is 1.00. The molecular weight excluding hydrogens is 331 g/mol. The summed E-state index contributed by atoms with van der Waals surface area (Å²) < 4.78 is 0. The van der Waals surface area contributed by atoms with E-state index >= 15 is 0 Å². The van der Waals surface area contributed by atoms with Crippen molar-refractivity contribution >= 4 is 25.1 Å². The third kappa shape index (κ3) is 8.87. The Hall–Kier alpha value is 2.25. The summed E-state index contributed by atoms with van der Waals surface area (Å²) in [7, 11) is 4.45. The molecule has 0 fully saturated rings. The molecule has 0 unspecified atom stereocenters. The molecule has 0 spiro atoms. The summed E-state index contributed by atoms with van der Waals surface area (Å²) in [6, 6.07) is 0. The van der Waals surface area contributed by atoms with Crippen LogP contribution < -0.4 is 0 Å². The van der Waals surface area contributed by atoms with Crippen molar-refractivity contribution in [3.63, 3.8) is 0 Å². The van der Waals surface area contributed by atoms with Crippen LogP contribution in [0.3, 0.4) is 0 Å². The van der Waals surface area contributed by atoms with E-state index in [0.29, 0.717) is 0 Å². The number of hydrogen-bond acceptors (Lipinski definition) is 0. The van der Waals surface area contributed by atoms with Gasteiger partial charge < -0.3 is 0 Å². The van der Waals surface area contributed by atoms with Crippen LogP contribution in [-0.4, -0.2) is 0 Å². The smallest absolute Gasteiger partial charge is 0.0341 e. The number of halogens is 2. The molecule has 0 amide bonds. The molecule has 0 saturated carbocycles. The summed E-state index contributed by atoms with van der Waals surface area (Å²) in [5, 5.41) is 0. The van der Waals surface area contributed by atoms with E-state index in [4.69, 9.17) is 0 Å². The Kier molecular flexibility index (Phi) is 76.4. The Morgan fingerprint density at radius 3 is 1.00 bits per heavy atom. The van der Waals surface area contributed by atoms with E-state index in [1.54, 1.807) is 0 Å². The van der Waals surface area contributed by atoms with Crippen LogP contribution in [0.1, 0.15) is 0 Å². The van der Waals surface area contributed by atoms with Crippen LogP contribution in [0, 0.1) is 0 Å². The molecule has 2 radical (unpaired) electrons. The maximum Gasteiger partial charge on any atom is 0.0341 e. The maximum atomic E-state index is 4.45. The standard InChI is InChI=1S/2Ag.BrCl/c;;1-2. The van der Waals surface area contributed by atoms with Crippen LogP contribution in [0.2, 0.25) is 0 Å². The Labute approximate surface area is 69.0 Å². The molecule has 0 aromatic carbocycles. The second-order valence-corrected chi connectivity index (χ2v) is 0. The summed E-state index contributed by atoms with van der Waals surface area (Å²) in [4.78, 5) is 0. The predicted octanol–water partition coefficient (Wildman–Crippen LogP) is 1.53. The van der Waals surface area contributed by atoms with Gasteiger partial charge in [0.1, 0.15) is 0 Å². The SMILES string of the molecule is ClBr.[Ag].[Ag]. The average molecular weight is 331 g/mol. The van der Waals surface area contributed by atoms with Crippen molar-refractivity contribution in [3.8, 4) is 0 Å². The molecule has 36 valence electrons. The van der Waals surface area contributed by atoms with Crippen LogP contribution >= 0.6 is 25.1 Å². The van der Waals surface area contributed by atoms with Crippen molar-refractivity contribution in [2.45, 2.75) is 0 Å². The number of rotatable bonds is 0. The molecular formula is Ag2BrCl. The van der Waals surface area contributed by atoms with E-state index in [1.807, 2.05) is 0 Å². The van der Waals surface area contributed by atoms with E-state index in [1.165, 1.54) is 0 Å². The van der Waals surface area contributed by atoms with Gasteiger partial charge in [-0.3, -0.25) is 0 Å². The van der Waals surface area contributed by atoms with Gasteiger partial charge in [0.2, 0.25) is 0 Å². The van der Waals surface area contributed by atoms with Crippen molar-refractivity contribution in [3.05, 3.63) is 0 Å². The van der Waals surface area contributed by atoms with Crippen molar-refractivity contribution in [2.24, 2.45) is 0 Å². The molecule has 0 aliphatic carbocycles. The minimum Gasteiger partial charge on any atom is -0.0341 e. The molecule has 0 rings (SSSR count). The number of hydrogen-bond donors (Lipinski definition) is 0. The first-order valence-corrected chi connectivity index (χ1v) is 2.23. The van der Waals surface area contributed by atoms with E-state index in [-0.39, 0.29) is 44.8 Å². The van der Waals surface area contributed by atoms with Crippen LogP contribution in [0.25, 0.3) is 0 Å². The van der Waals surface area contributed by atoms with Gasteiger partial charge in [-0.25, -0.2) is 0 Å². The first kappa shape index (κ1) is 16.3. The Balaban J connectivity index is -0.00000000500. The zero-order valence-electron chi connectivity index (χ0n) is 1.36. The molecule has 0 aromatic heterocycles. The molecule has 0 nitrogen and oxygen atoms in total. The van der Waals surface area contributed by atoms with Gasteiger partial charge in [-0.15, -0.1) is 0 Å². The van der Waals surface area contributed by atoms with Crippen LogP contribution in [-0.2, 0) is 44.8 Å². The zero-order chi connectivity index (χ0) is 2.00. The van der Waals surface area contributed by atoms with Gasteiger partial charge >= 0.3 is 0 Å². The van der Waals surface area contributed by atoms with E-state index < -0.39 is 0 Å². The van der Waals surface area contributed by atoms with Gasteiger partial charge in [-0.1, -0.05) is 0 Å². The van der Waals surface area contributed by atoms with Crippen molar-refractivity contribution < 1.29 is 44.8 Å². The van der Waals surface area contributed by atoms with Gasteiger partial charge in [0, 0.05) is 59.8 Å². The largest absolute Gasteiger partial charge is 0.0341 e. The Morgan fingerprint density at radius 2 is 1.00 bits per heavy atom. The molecule has 0 heterocycles. The molecule has 0 aliphatic rings. The van der Waals surface area contributed by atoms with Crippen molar-refractivity contribution in [1.82, 2.24) is 0 Å². The van der Waals surface area contributed by atoms with E-state index in [2.05, 4.69) is 25.1 Å². The molecule has 0 atom stereocenters. The molecule has 0 saturated heterocycles. The van der Waals surface area contributed by atoms with Gasteiger partial charge in [-0.05, 0) is 10.1 Å². The maximum absolute atomic E-state index is 4.45. The normalized spacial score (nSPS) is 1.50. The minimum atomic E-state index is 0. The third-order valence-electron chi connectivity index (χ3n) is 0. The van der Waals surface area contributed by atoms with Crippen LogP contribution in [0.4, 0.5) is 0 Å². The molecule has 0 aliphatic heterocycles. The molecule has 0 N–H and O–H groups in total. The van der Waals surface area contributed by atoms with Gasteiger partial charge in [-0.2, -0.15) is 0 Å². The summed E-state index contributed by atoms with van der Waals surface area (Å²) in [5.41, 5.74) is 0. The fourth-order valence-corrected chi connectivity index (χ4v) is 0. The van der Waals surface area contributed by atoms with Gasteiger partial charge in [0.15, 0.2) is 0 Å². The first-order valence-electron chi connectivity index (χ1n) is 0.143. The van der Waals surface area contributed by atoms with Crippen LogP contribution in [0.15, 0.2) is 0 Å². The minimum absolute atomic E-state index is 0. The monoisotopic (exact) mass is 328 g/mol. The third-order valence-corrected chi connectivity index (χ3v) is 0.